The number of amides is 4. The van der Waals surface area contributed by atoms with Gasteiger partial charge in [0, 0.05) is 11.9 Å². The number of urea groups is 1. The molecular formula is C19H20N4O3. The van der Waals surface area contributed by atoms with Crippen molar-refractivity contribution in [3.63, 3.8) is 0 Å². The highest BCUT2D eigenvalue weighted by Gasteiger charge is 2.48. The van der Waals surface area contributed by atoms with Gasteiger partial charge in [-0.1, -0.05) is 30.3 Å². The molecule has 0 radical (unpaired) electrons. The Morgan fingerprint density at radius 1 is 1.19 bits per heavy atom. The summed E-state index contributed by atoms with van der Waals surface area (Å²) in [5.74, 6) is -1.04. The van der Waals surface area contributed by atoms with Crippen molar-refractivity contribution in [3.8, 4) is 0 Å². The largest absolute Gasteiger partial charge is 0.344 e. The molecule has 2 heterocycles. The molecule has 1 fully saturated rings. The third-order valence-electron chi connectivity index (χ3n) is 4.40. The summed E-state index contributed by atoms with van der Waals surface area (Å²) in [7, 11) is 0. The van der Waals surface area contributed by atoms with Crippen LogP contribution in [0.2, 0.25) is 0 Å². The molecule has 7 nitrogen and oxygen atoms in total. The zero-order chi connectivity index (χ0) is 18.7. The van der Waals surface area contributed by atoms with E-state index in [9.17, 15) is 14.4 Å². The van der Waals surface area contributed by atoms with Gasteiger partial charge in [0.1, 0.15) is 5.54 Å². The minimum atomic E-state index is -1.06. The van der Waals surface area contributed by atoms with E-state index in [4.69, 9.17) is 0 Å². The van der Waals surface area contributed by atoms with E-state index in [1.165, 1.54) is 6.20 Å². The molecule has 1 aliphatic rings. The van der Waals surface area contributed by atoms with Gasteiger partial charge in [-0.05, 0) is 44.4 Å². The molecular weight excluding hydrogens is 332 g/mol. The molecule has 26 heavy (non-hydrogen) atoms. The predicted molar refractivity (Wildman–Crippen MR) is 95.0 cm³/mol. The second-order valence-corrected chi connectivity index (χ2v) is 6.52. The Hall–Kier alpha value is -3.22. The van der Waals surface area contributed by atoms with Gasteiger partial charge >= 0.3 is 6.03 Å². The molecule has 2 N–H and O–H groups in total. The maximum Gasteiger partial charge on any atom is 0.344 e. The van der Waals surface area contributed by atoms with Crippen LogP contribution in [-0.2, 0) is 11.2 Å². The summed E-state index contributed by atoms with van der Waals surface area (Å²) < 4.78 is 0. The van der Waals surface area contributed by atoms with Crippen molar-refractivity contribution < 1.29 is 14.4 Å². The average Bonchev–Trinajstić information content (AvgIpc) is 2.85. The fraction of sp³-hybridized carbons (Fsp3) is 0.263. The number of imide groups is 1. The van der Waals surface area contributed by atoms with Gasteiger partial charge in [-0.3, -0.25) is 20.0 Å². The van der Waals surface area contributed by atoms with Crippen molar-refractivity contribution >= 4 is 17.8 Å². The first kappa shape index (κ1) is 17.6. The lowest BCUT2D eigenvalue weighted by Gasteiger charge is -2.21. The van der Waals surface area contributed by atoms with E-state index in [1.54, 1.807) is 26.0 Å². The number of hydrogen-bond donors (Lipinski definition) is 2. The fourth-order valence-corrected chi connectivity index (χ4v) is 2.76. The zero-order valence-corrected chi connectivity index (χ0v) is 14.7. The SMILES string of the molecule is Cc1ccc(C(=O)NN2C(=O)NC(C)(CCc3ccccc3)C2=O)cn1. The molecule has 134 valence electrons. The van der Waals surface area contributed by atoms with Gasteiger partial charge in [0.15, 0.2) is 0 Å². The fourth-order valence-electron chi connectivity index (χ4n) is 2.76. The van der Waals surface area contributed by atoms with E-state index in [1.807, 2.05) is 30.3 Å². The number of aromatic nitrogens is 1. The number of hydrazine groups is 1. The Kier molecular flexibility index (Phi) is 4.71. The molecule has 2 aromatic rings. The van der Waals surface area contributed by atoms with Crippen molar-refractivity contribution in [3.05, 3.63) is 65.5 Å². The monoisotopic (exact) mass is 352 g/mol. The van der Waals surface area contributed by atoms with E-state index >= 15 is 0 Å². The molecule has 1 aromatic heterocycles. The first-order valence-electron chi connectivity index (χ1n) is 8.33. The highest BCUT2D eigenvalue weighted by atomic mass is 16.2. The van der Waals surface area contributed by atoms with E-state index < -0.39 is 23.4 Å². The highest BCUT2D eigenvalue weighted by Crippen LogP contribution is 2.22. The number of aryl methyl sites for hydroxylation is 2. The third-order valence-corrected chi connectivity index (χ3v) is 4.40. The van der Waals surface area contributed by atoms with Gasteiger partial charge in [-0.25, -0.2) is 4.79 Å². The standard InChI is InChI=1S/C19H20N4O3/c1-13-8-9-15(12-20-13)16(24)22-23-17(25)19(2,21-18(23)26)11-10-14-6-4-3-5-7-14/h3-9,12H,10-11H2,1-2H3,(H,21,26)(H,22,24). The summed E-state index contributed by atoms with van der Waals surface area (Å²) in [6, 6.07) is 12.3. The maximum absolute atomic E-state index is 12.7. The zero-order valence-electron chi connectivity index (χ0n) is 14.7. The van der Waals surface area contributed by atoms with Gasteiger partial charge in [0.05, 0.1) is 5.56 Å². The lowest BCUT2D eigenvalue weighted by molar-refractivity contribution is -0.132. The van der Waals surface area contributed by atoms with E-state index in [0.29, 0.717) is 12.8 Å². The van der Waals surface area contributed by atoms with Gasteiger partial charge in [-0.2, -0.15) is 5.01 Å². The summed E-state index contributed by atoms with van der Waals surface area (Å²) in [6.45, 7) is 3.47. The van der Waals surface area contributed by atoms with Gasteiger partial charge in [0.25, 0.3) is 11.8 Å². The molecule has 1 unspecified atom stereocenters. The maximum atomic E-state index is 12.7. The molecule has 0 bridgehead atoms. The quantitative estimate of drug-likeness (QED) is 0.805. The summed E-state index contributed by atoms with van der Waals surface area (Å²) in [5, 5.41) is 3.42. The van der Waals surface area contributed by atoms with Crippen molar-refractivity contribution in [2.24, 2.45) is 0 Å². The third kappa shape index (κ3) is 3.56. The number of rotatable bonds is 5. The predicted octanol–water partition coefficient (Wildman–Crippen LogP) is 1.98. The summed E-state index contributed by atoms with van der Waals surface area (Å²) in [6.07, 6.45) is 2.46. The van der Waals surface area contributed by atoms with Crippen LogP contribution in [0.25, 0.3) is 0 Å². The minimum absolute atomic E-state index is 0.272. The van der Waals surface area contributed by atoms with Crippen LogP contribution in [0.1, 0.15) is 35.0 Å². The second-order valence-electron chi connectivity index (χ2n) is 6.52. The van der Waals surface area contributed by atoms with Crippen LogP contribution in [0, 0.1) is 6.92 Å². The number of carbonyl (C=O) groups is 3. The van der Waals surface area contributed by atoms with Gasteiger partial charge in [0.2, 0.25) is 0 Å². The molecule has 0 spiro atoms. The Balaban J connectivity index is 1.67. The second kappa shape index (κ2) is 6.95. The minimum Gasteiger partial charge on any atom is -0.322 e. The van der Waals surface area contributed by atoms with E-state index in [-0.39, 0.29) is 5.56 Å². The normalized spacial score (nSPS) is 19.4. The van der Waals surface area contributed by atoms with Crippen LogP contribution < -0.4 is 10.7 Å². The molecule has 1 aliphatic heterocycles. The number of hydrogen-bond acceptors (Lipinski definition) is 4. The average molecular weight is 352 g/mol. The Morgan fingerprint density at radius 3 is 2.58 bits per heavy atom. The first-order valence-corrected chi connectivity index (χ1v) is 8.33. The molecule has 7 heteroatoms. The van der Waals surface area contributed by atoms with Crippen molar-refractivity contribution in [1.82, 2.24) is 20.7 Å². The number of benzene rings is 1. The highest BCUT2D eigenvalue weighted by molar-refractivity contribution is 6.09. The Bertz CT molecular complexity index is 836. The number of nitrogens with one attached hydrogen (secondary N) is 2. The molecule has 1 atom stereocenters. The Morgan fingerprint density at radius 2 is 1.92 bits per heavy atom. The summed E-state index contributed by atoms with van der Waals surface area (Å²) in [4.78, 5) is 41.2. The van der Waals surface area contributed by atoms with Crippen LogP contribution in [0.3, 0.4) is 0 Å². The summed E-state index contributed by atoms with van der Waals surface area (Å²) >= 11 is 0. The van der Waals surface area contributed by atoms with Crippen LogP contribution in [-0.4, -0.2) is 33.4 Å². The molecule has 0 saturated carbocycles. The van der Waals surface area contributed by atoms with E-state index in [2.05, 4.69) is 15.7 Å². The van der Waals surface area contributed by atoms with Gasteiger partial charge < -0.3 is 5.32 Å². The van der Waals surface area contributed by atoms with Crippen molar-refractivity contribution in [2.45, 2.75) is 32.2 Å². The number of pyridine rings is 1. The number of nitrogens with zero attached hydrogens (tertiary/aromatic N) is 2. The topological polar surface area (TPSA) is 91.4 Å². The number of carbonyl (C=O) groups excluding carboxylic acids is 3. The van der Waals surface area contributed by atoms with Crippen molar-refractivity contribution in [1.29, 1.82) is 0 Å². The smallest absolute Gasteiger partial charge is 0.322 e. The lowest BCUT2D eigenvalue weighted by Crippen LogP contribution is -2.49. The van der Waals surface area contributed by atoms with Gasteiger partial charge in [-0.15, -0.1) is 0 Å². The lowest BCUT2D eigenvalue weighted by atomic mass is 9.93. The summed E-state index contributed by atoms with van der Waals surface area (Å²) in [5.41, 5.74) is 3.41. The van der Waals surface area contributed by atoms with Crippen molar-refractivity contribution in [2.75, 3.05) is 0 Å². The molecule has 4 amide bonds. The van der Waals surface area contributed by atoms with Crippen LogP contribution in [0.15, 0.2) is 48.7 Å². The van der Waals surface area contributed by atoms with Crippen LogP contribution in [0.4, 0.5) is 4.79 Å². The Labute approximate surface area is 151 Å². The van der Waals surface area contributed by atoms with Crippen LogP contribution >= 0.6 is 0 Å². The van der Waals surface area contributed by atoms with E-state index in [0.717, 1.165) is 16.3 Å². The van der Waals surface area contributed by atoms with Crippen LogP contribution in [0.5, 0.6) is 0 Å². The molecule has 0 aliphatic carbocycles. The molecule has 3 rings (SSSR count). The first-order chi connectivity index (χ1) is 12.4. The molecule has 1 saturated heterocycles. The molecule has 1 aromatic carbocycles.